The van der Waals surface area contributed by atoms with Crippen molar-refractivity contribution < 1.29 is 5.11 Å². The lowest BCUT2D eigenvalue weighted by atomic mass is 9.75. The SMILES string of the molecule is CN(C)CC1CCCC(c2ccc(Cl)c(Cl)c2)[C@H]1O. The van der Waals surface area contributed by atoms with Gasteiger partial charge >= 0.3 is 0 Å². The van der Waals surface area contributed by atoms with Crippen LogP contribution in [0.15, 0.2) is 18.2 Å². The van der Waals surface area contributed by atoms with Gasteiger partial charge in [0.25, 0.3) is 0 Å². The molecule has 0 saturated heterocycles. The van der Waals surface area contributed by atoms with Gasteiger partial charge in [0.15, 0.2) is 0 Å². The van der Waals surface area contributed by atoms with Gasteiger partial charge in [-0.1, -0.05) is 35.7 Å². The fraction of sp³-hybridized carbons (Fsp3) is 0.600. The lowest BCUT2D eigenvalue weighted by Crippen LogP contribution is -2.37. The molecule has 1 aliphatic rings. The summed E-state index contributed by atoms with van der Waals surface area (Å²) in [7, 11) is 4.10. The molecule has 0 aromatic heterocycles. The van der Waals surface area contributed by atoms with Crippen LogP contribution < -0.4 is 0 Å². The van der Waals surface area contributed by atoms with Gasteiger partial charge in [0.1, 0.15) is 0 Å². The molecule has 0 radical (unpaired) electrons. The summed E-state index contributed by atoms with van der Waals surface area (Å²) in [4.78, 5) is 2.14. The van der Waals surface area contributed by atoms with Crippen molar-refractivity contribution in [1.29, 1.82) is 0 Å². The summed E-state index contributed by atoms with van der Waals surface area (Å²) < 4.78 is 0. The van der Waals surface area contributed by atoms with Gasteiger partial charge < -0.3 is 10.0 Å². The summed E-state index contributed by atoms with van der Waals surface area (Å²) in [6, 6.07) is 5.71. The highest BCUT2D eigenvalue weighted by atomic mass is 35.5. The van der Waals surface area contributed by atoms with Crippen molar-refractivity contribution in [3.63, 3.8) is 0 Å². The zero-order valence-corrected chi connectivity index (χ0v) is 13.0. The topological polar surface area (TPSA) is 23.5 Å². The highest BCUT2D eigenvalue weighted by molar-refractivity contribution is 6.42. The monoisotopic (exact) mass is 301 g/mol. The van der Waals surface area contributed by atoms with Crippen LogP contribution in [0.4, 0.5) is 0 Å². The molecule has 106 valence electrons. The van der Waals surface area contributed by atoms with Crippen molar-refractivity contribution in [3.8, 4) is 0 Å². The smallest absolute Gasteiger partial charge is 0.0649 e. The second kappa shape index (κ2) is 6.45. The molecule has 0 heterocycles. The van der Waals surface area contributed by atoms with Crippen LogP contribution in [0.25, 0.3) is 0 Å². The predicted molar refractivity (Wildman–Crippen MR) is 81.1 cm³/mol. The molecule has 1 aliphatic carbocycles. The number of hydrogen-bond donors (Lipinski definition) is 1. The van der Waals surface area contributed by atoms with E-state index in [-0.39, 0.29) is 12.0 Å². The first-order chi connectivity index (χ1) is 8.99. The van der Waals surface area contributed by atoms with E-state index in [1.807, 2.05) is 18.2 Å². The number of benzene rings is 1. The third kappa shape index (κ3) is 3.63. The minimum absolute atomic E-state index is 0.175. The molecule has 0 aliphatic heterocycles. The molecule has 1 saturated carbocycles. The Morgan fingerprint density at radius 3 is 2.58 bits per heavy atom. The number of aliphatic hydroxyl groups excluding tert-OH is 1. The minimum Gasteiger partial charge on any atom is -0.392 e. The number of halogens is 2. The van der Waals surface area contributed by atoms with Crippen molar-refractivity contribution in [2.75, 3.05) is 20.6 Å². The Morgan fingerprint density at radius 1 is 1.21 bits per heavy atom. The largest absolute Gasteiger partial charge is 0.392 e. The molecule has 0 amide bonds. The van der Waals surface area contributed by atoms with Gasteiger partial charge in [0.2, 0.25) is 0 Å². The fourth-order valence-electron chi connectivity index (χ4n) is 3.05. The Labute approximate surface area is 125 Å². The van der Waals surface area contributed by atoms with Crippen molar-refractivity contribution in [3.05, 3.63) is 33.8 Å². The molecule has 2 rings (SSSR count). The third-order valence-corrected chi connectivity index (χ3v) is 4.70. The van der Waals surface area contributed by atoms with Crippen molar-refractivity contribution in [2.45, 2.75) is 31.3 Å². The van der Waals surface area contributed by atoms with Gasteiger partial charge in [-0.15, -0.1) is 0 Å². The van der Waals surface area contributed by atoms with Gasteiger partial charge in [0, 0.05) is 12.5 Å². The number of aliphatic hydroxyl groups is 1. The van der Waals surface area contributed by atoms with Crippen molar-refractivity contribution in [2.24, 2.45) is 5.92 Å². The van der Waals surface area contributed by atoms with Gasteiger partial charge in [-0.25, -0.2) is 0 Å². The molecule has 1 fully saturated rings. The molecule has 19 heavy (non-hydrogen) atoms. The van der Waals surface area contributed by atoms with E-state index in [1.165, 1.54) is 0 Å². The van der Waals surface area contributed by atoms with Crippen LogP contribution >= 0.6 is 23.2 Å². The quantitative estimate of drug-likeness (QED) is 0.918. The Hall–Kier alpha value is -0.280. The maximum Gasteiger partial charge on any atom is 0.0649 e. The Bertz CT molecular complexity index is 436. The fourth-order valence-corrected chi connectivity index (χ4v) is 3.35. The van der Waals surface area contributed by atoms with E-state index < -0.39 is 0 Å². The van der Waals surface area contributed by atoms with E-state index in [2.05, 4.69) is 19.0 Å². The maximum absolute atomic E-state index is 10.6. The molecule has 1 N–H and O–H groups in total. The van der Waals surface area contributed by atoms with Crippen LogP contribution in [0.1, 0.15) is 30.7 Å². The van der Waals surface area contributed by atoms with Gasteiger partial charge in [-0.2, -0.15) is 0 Å². The van der Waals surface area contributed by atoms with Crippen LogP contribution in [0.3, 0.4) is 0 Å². The van der Waals surface area contributed by atoms with Crippen LogP contribution in [0, 0.1) is 5.92 Å². The Morgan fingerprint density at radius 2 is 1.95 bits per heavy atom. The molecular weight excluding hydrogens is 281 g/mol. The summed E-state index contributed by atoms with van der Waals surface area (Å²) in [5, 5.41) is 11.7. The molecule has 0 bridgehead atoms. The molecule has 0 spiro atoms. The summed E-state index contributed by atoms with van der Waals surface area (Å²) in [6.07, 6.45) is 2.97. The minimum atomic E-state index is -0.298. The van der Waals surface area contributed by atoms with Gasteiger partial charge in [0.05, 0.1) is 16.1 Å². The molecule has 1 aromatic carbocycles. The van der Waals surface area contributed by atoms with Crippen LogP contribution in [-0.4, -0.2) is 36.8 Å². The van der Waals surface area contributed by atoms with E-state index in [4.69, 9.17) is 23.2 Å². The molecule has 2 unspecified atom stereocenters. The van der Waals surface area contributed by atoms with Gasteiger partial charge in [-0.05, 0) is 50.6 Å². The summed E-state index contributed by atoms with van der Waals surface area (Å²) in [6.45, 7) is 0.930. The highest BCUT2D eigenvalue weighted by Gasteiger charge is 2.33. The zero-order chi connectivity index (χ0) is 14.0. The summed E-state index contributed by atoms with van der Waals surface area (Å²) >= 11 is 12.0. The molecule has 4 heteroatoms. The average molecular weight is 302 g/mol. The lowest BCUT2D eigenvalue weighted by molar-refractivity contribution is 0.0364. The van der Waals surface area contributed by atoms with E-state index in [1.54, 1.807) is 0 Å². The number of nitrogens with zero attached hydrogens (tertiary/aromatic N) is 1. The average Bonchev–Trinajstić information content (AvgIpc) is 2.35. The summed E-state index contributed by atoms with van der Waals surface area (Å²) in [5.41, 5.74) is 1.10. The van der Waals surface area contributed by atoms with E-state index >= 15 is 0 Å². The standard InChI is InChI=1S/C15H21Cl2NO/c1-18(2)9-11-4-3-5-12(15(11)19)10-6-7-13(16)14(17)8-10/h6-8,11-12,15,19H,3-5,9H2,1-2H3/t11?,12?,15-/m0/s1. The van der Waals surface area contributed by atoms with Crippen LogP contribution in [-0.2, 0) is 0 Å². The van der Waals surface area contributed by atoms with Gasteiger partial charge in [-0.3, -0.25) is 0 Å². The lowest BCUT2D eigenvalue weighted by Gasteiger charge is -2.36. The number of hydrogen-bond acceptors (Lipinski definition) is 2. The van der Waals surface area contributed by atoms with E-state index in [0.717, 1.165) is 31.4 Å². The van der Waals surface area contributed by atoms with Crippen molar-refractivity contribution >= 4 is 23.2 Å². The Balaban J connectivity index is 2.16. The zero-order valence-electron chi connectivity index (χ0n) is 11.4. The first kappa shape index (κ1) is 15.1. The van der Waals surface area contributed by atoms with E-state index in [9.17, 15) is 5.11 Å². The molecule has 1 aromatic rings. The first-order valence-electron chi connectivity index (χ1n) is 6.76. The number of rotatable bonds is 3. The predicted octanol–water partition coefficient (Wildman–Crippen LogP) is 3.80. The summed E-state index contributed by atoms with van der Waals surface area (Å²) in [5.74, 6) is 0.511. The second-order valence-electron chi connectivity index (χ2n) is 5.72. The van der Waals surface area contributed by atoms with Crippen LogP contribution in [0.5, 0.6) is 0 Å². The molecule has 3 atom stereocenters. The normalized spacial score (nSPS) is 27.8. The van der Waals surface area contributed by atoms with Crippen molar-refractivity contribution in [1.82, 2.24) is 4.90 Å². The molecule has 2 nitrogen and oxygen atoms in total. The Kier molecular flexibility index (Phi) is 5.13. The van der Waals surface area contributed by atoms with E-state index in [0.29, 0.717) is 16.0 Å². The third-order valence-electron chi connectivity index (χ3n) is 3.96. The maximum atomic E-state index is 10.6. The first-order valence-corrected chi connectivity index (χ1v) is 7.52. The molecular formula is C15H21Cl2NO. The highest BCUT2D eigenvalue weighted by Crippen LogP contribution is 2.38. The van der Waals surface area contributed by atoms with Crippen LogP contribution in [0.2, 0.25) is 10.0 Å². The second-order valence-corrected chi connectivity index (χ2v) is 6.54.